The number of amides is 1. The van der Waals surface area contributed by atoms with Gasteiger partial charge < -0.3 is 5.32 Å². The zero-order valence-electron chi connectivity index (χ0n) is 12.2. The molecule has 0 radical (unpaired) electrons. The van der Waals surface area contributed by atoms with Crippen molar-refractivity contribution >= 4 is 11.9 Å². The van der Waals surface area contributed by atoms with Crippen LogP contribution in [0.25, 0.3) is 0 Å². The maximum atomic E-state index is 11.7. The Bertz CT molecular complexity index is 421. The molecule has 106 valence electrons. The minimum Gasteiger partial charge on any atom is -0.306 e. The number of carbonyl (C=O) groups is 1. The maximum absolute atomic E-state index is 11.7. The van der Waals surface area contributed by atoms with Gasteiger partial charge in [0.05, 0.1) is 17.9 Å². The van der Waals surface area contributed by atoms with Crippen LogP contribution in [0.4, 0.5) is 5.95 Å². The third-order valence-corrected chi connectivity index (χ3v) is 2.98. The van der Waals surface area contributed by atoms with Gasteiger partial charge in [-0.15, -0.1) is 10.2 Å². The molecular formula is C13H23N5O. The molecule has 2 N–H and O–H groups in total. The highest BCUT2D eigenvalue weighted by Gasteiger charge is 2.09. The number of aromatic nitrogens is 3. The third kappa shape index (κ3) is 4.90. The van der Waals surface area contributed by atoms with Gasteiger partial charge >= 0.3 is 0 Å². The smallest absolute Gasteiger partial charge is 0.249 e. The minimum atomic E-state index is -0.145. The Labute approximate surface area is 114 Å². The van der Waals surface area contributed by atoms with Gasteiger partial charge in [0.2, 0.25) is 11.9 Å². The lowest BCUT2D eigenvalue weighted by Crippen LogP contribution is -2.34. The predicted octanol–water partition coefficient (Wildman–Crippen LogP) is 1.32. The molecule has 1 atom stereocenters. The van der Waals surface area contributed by atoms with E-state index >= 15 is 0 Å². The highest BCUT2D eigenvalue weighted by atomic mass is 16.2. The molecule has 6 nitrogen and oxygen atoms in total. The molecule has 1 heterocycles. The minimum absolute atomic E-state index is 0.145. The highest BCUT2D eigenvalue weighted by Crippen LogP contribution is 2.06. The second kappa shape index (κ2) is 7.78. The van der Waals surface area contributed by atoms with Crippen molar-refractivity contribution in [2.75, 3.05) is 11.9 Å². The van der Waals surface area contributed by atoms with Crippen LogP contribution in [-0.4, -0.2) is 33.7 Å². The Morgan fingerprint density at radius 2 is 1.84 bits per heavy atom. The number of hydrogen-bond donors (Lipinski definition) is 2. The van der Waals surface area contributed by atoms with E-state index in [9.17, 15) is 4.79 Å². The van der Waals surface area contributed by atoms with Crippen LogP contribution in [0.3, 0.4) is 0 Å². The van der Waals surface area contributed by atoms with Crippen molar-refractivity contribution in [3.8, 4) is 0 Å². The van der Waals surface area contributed by atoms with E-state index in [1.54, 1.807) is 0 Å². The molecule has 0 aliphatic rings. The molecule has 0 saturated carbocycles. The molecule has 0 saturated heterocycles. The number of aryl methyl sites for hydroxylation is 2. The van der Waals surface area contributed by atoms with Gasteiger partial charge in [0.1, 0.15) is 0 Å². The van der Waals surface area contributed by atoms with Crippen molar-refractivity contribution in [3.63, 3.8) is 0 Å². The second-order valence-corrected chi connectivity index (χ2v) is 4.47. The molecule has 1 aromatic heterocycles. The fourth-order valence-electron chi connectivity index (χ4n) is 1.57. The summed E-state index contributed by atoms with van der Waals surface area (Å²) in [4.78, 5) is 16.0. The van der Waals surface area contributed by atoms with E-state index < -0.39 is 0 Å². The van der Waals surface area contributed by atoms with E-state index in [0.717, 1.165) is 30.7 Å². The molecule has 1 unspecified atom stereocenters. The number of carbonyl (C=O) groups excluding carboxylic acids is 1. The van der Waals surface area contributed by atoms with Gasteiger partial charge in [-0.25, -0.2) is 4.98 Å². The standard InChI is InChI=1S/C13H23N5O/c1-5-9(4)14-8-12(19)16-13-15-10(6-2)11(7-3)17-18-13/h9,14H,5-8H2,1-4H3,(H,15,16,18,19). The van der Waals surface area contributed by atoms with E-state index in [1.165, 1.54) is 0 Å². The van der Waals surface area contributed by atoms with E-state index in [0.29, 0.717) is 6.04 Å². The zero-order chi connectivity index (χ0) is 14.3. The van der Waals surface area contributed by atoms with Crippen LogP contribution >= 0.6 is 0 Å². The fourth-order valence-corrected chi connectivity index (χ4v) is 1.57. The van der Waals surface area contributed by atoms with Crippen molar-refractivity contribution in [1.29, 1.82) is 0 Å². The summed E-state index contributed by atoms with van der Waals surface area (Å²) in [6.07, 6.45) is 2.57. The Kier molecular flexibility index (Phi) is 6.35. The van der Waals surface area contributed by atoms with Gasteiger partial charge in [-0.05, 0) is 26.2 Å². The number of rotatable bonds is 7. The van der Waals surface area contributed by atoms with Crippen LogP contribution in [0.1, 0.15) is 45.5 Å². The number of nitrogens with one attached hydrogen (secondary N) is 2. The lowest BCUT2D eigenvalue weighted by atomic mass is 10.2. The highest BCUT2D eigenvalue weighted by molar-refractivity contribution is 5.90. The van der Waals surface area contributed by atoms with Crippen molar-refractivity contribution in [2.45, 2.75) is 53.0 Å². The topological polar surface area (TPSA) is 79.8 Å². The molecule has 1 aromatic rings. The number of anilines is 1. The van der Waals surface area contributed by atoms with Crippen LogP contribution < -0.4 is 10.6 Å². The summed E-state index contributed by atoms with van der Waals surface area (Å²) < 4.78 is 0. The van der Waals surface area contributed by atoms with Crippen molar-refractivity contribution < 1.29 is 4.79 Å². The molecule has 0 aromatic carbocycles. The fraction of sp³-hybridized carbons (Fsp3) is 0.692. The monoisotopic (exact) mass is 265 g/mol. The van der Waals surface area contributed by atoms with Gasteiger partial charge in [0.25, 0.3) is 0 Å². The summed E-state index contributed by atoms with van der Waals surface area (Å²) in [5.74, 6) is 0.137. The average molecular weight is 265 g/mol. The molecule has 1 rings (SSSR count). The molecule has 0 aliphatic heterocycles. The van der Waals surface area contributed by atoms with Gasteiger partial charge in [-0.1, -0.05) is 20.8 Å². The molecule has 0 bridgehead atoms. The van der Waals surface area contributed by atoms with E-state index in [2.05, 4.69) is 32.7 Å². The molecule has 6 heteroatoms. The maximum Gasteiger partial charge on any atom is 0.249 e. The van der Waals surface area contributed by atoms with Gasteiger partial charge in [-0.3, -0.25) is 10.1 Å². The quantitative estimate of drug-likeness (QED) is 0.777. The molecule has 1 amide bonds. The number of hydrogen-bond acceptors (Lipinski definition) is 5. The van der Waals surface area contributed by atoms with Crippen LogP contribution in [0.2, 0.25) is 0 Å². The van der Waals surface area contributed by atoms with Crippen LogP contribution in [-0.2, 0) is 17.6 Å². The van der Waals surface area contributed by atoms with E-state index in [4.69, 9.17) is 0 Å². The van der Waals surface area contributed by atoms with E-state index in [1.807, 2.05) is 20.8 Å². The zero-order valence-corrected chi connectivity index (χ0v) is 12.2. The SMILES string of the molecule is CCc1nnc(NC(=O)CNC(C)CC)nc1CC. The summed E-state index contributed by atoms with van der Waals surface area (Å²) in [5.41, 5.74) is 1.78. The first-order chi connectivity index (χ1) is 9.10. The Morgan fingerprint density at radius 1 is 1.16 bits per heavy atom. The molecule has 0 aliphatic carbocycles. The van der Waals surface area contributed by atoms with E-state index in [-0.39, 0.29) is 18.4 Å². The summed E-state index contributed by atoms with van der Waals surface area (Å²) >= 11 is 0. The van der Waals surface area contributed by atoms with Gasteiger partial charge in [0.15, 0.2) is 0 Å². The van der Waals surface area contributed by atoms with Crippen LogP contribution in [0.15, 0.2) is 0 Å². The Hall–Kier alpha value is -1.56. The summed E-state index contributed by atoms with van der Waals surface area (Å²) in [6.45, 7) is 8.39. The van der Waals surface area contributed by atoms with Crippen molar-refractivity contribution in [1.82, 2.24) is 20.5 Å². The third-order valence-electron chi connectivity index (χ3n) is 2.98. The lowest BCUT2D eigenvalue weighted by Gasteiger charge is -2.11. The van der Waals surface area contributed by atoms with Crippen molar-refractivity contribution in [3.05, 3.63) is 11.4 Å². The van der Waals surface area contributed by atoms with Crippen LogP contribution in [0.5, 0.6) is 0 Å². The summed E-state index contributed by atoms with van der Waals surface area (Å²) in [5, 5.41) is 13.8. The largest absolute Gasteiger partial charge is 0.306 e. The molecule has 0 fully saturated rings. The first-order valence-corrected chi connectivity index (χ1v) is 6.86. The average Bonchev–Trinajstić information content (AvgIpc) is 2.44. The summed E-state index contributed by atoms with van der Waals surface area (Å²) in [7, 11) is 0. The van der Waals surface area contributed by atoms with Gasteiger partial charge in [0, 0.05) is 6.04 Å². The van der Waals surface area contributed by atoms with Crippen molar-refractivity contribution in [2.24, 2.45) is 0 Å². The van der Waals surface area contributed by atoms with Gasteiger partial charge in [-0.2, -0.15) is 0 Å². The molecule has 19 heavy (non-hydrogen) atoms. The molecule has 0 spiro atoms. The summed E-state index contributed by atoms with van der Waals surface area (Å²) in [6, 6.07) is 0.318. The predicted molar refractivity (Wildman–Crippen MR) is 75.0 cm³/mol. The lowest BCUT2D eigenvalue weighted by molar-refractivity contribution is -0.115. The first-order valence-electron chi connectivity index (χ1n) is 6.86. The number of nitrogens with zero attached hydrogens (tertiary/aromatic N) is 3. The normalized spacial score (nSPS) is 12.2. The second-order valence-electron chi connectivity index (χ2n) is 4.47. The molecular weight excluding hydrogens is 242 g/mol. The Morgan fingerprint density at radius 3 is 2.42 bits per heavy atom. The first kappa shape index (κ1) is 15.5. The van der Waals surface area contributed by atoms with Crippen LogP contribution in [0, 0.1) is 0 Å². The Balaban J connectivity index is 2.59.